The van der Waals surface area contributed by atoms with E-state index in [1.165, 1.54) is 16.4 Å². The number of nitrogens with one attached hydrogen (secondary N) is 1. The molecule has 0 radical (unpaired) electrons. The lowest BCUT2D eigenvalue weighted by Crippen LogP contribution is -2.40. The van der Waals surface area contributed by atoms with Gasteiger partial charge in [-0.1, -0.05) is 19.1 Å². The van der Waals surface area contributed by atoms with E-state index in [1.807, 2.05) is 24.3 Å². The topological polar surface area (TPSA) is 84.9 Å². The van der Waals surface area contributed by atoms with Gasteiger partial charge in [0.05, 0.1) is 11.4 Å². The summed E-state index contributed by atoms with van der Waals surface area (Å²) in [6, 6.07) is 13.5. The highest BCUT2D eigenvalue weighted by molar-refractivity contribution is 7.89. The smallest absolute Gasteiger partial charge is 0.251 e. The molecule has 0 aliphatic carbocycles. The van der Waals surface area contributed by atoms with Gasteiger partial charge in [0.1, 0.15) is 12.7 Å². The van der Waals surface area contributed by atoms with Crippen LogP contribution in [-0.4, -0.2) is 51.0 Å². The van der Waals surface area contributed by atoms with Crippen LogP contribution in [-0.2, 0) is 10.0 Å². The molecule has 2 aliphatic heterocycles. The molecule has 160 valence electrons. The third-order valence-electron chi connectivity index (χ3n) is 5.55. The van der Waals surface area contributed by atoms with E-state index in [9.17, 15) is 13.2 Å². The predicted molar refractivity (Wildman–Crippen MR) is 112 cm³/mol. The van der Waals surface area contributed by atoms with Gasteiger partial charge in [-0.15, -0.1) is 0 Å². The molecule has 2 heterocycles. The molecule has 8 heteroatoms. The average molecular weight is 431 g/mol. The van der Waals surface area contributed by atoms with Crippen molar-refractivity contribution < 1.29 is 22.7 Å². The minimum atomic E-state index is -3.52. The lowest BCUT2D eigenvalue weighted by Gasteiger charge is -2.29. The summed E-state index contributed by atoms with van der Waals surface area (Å²) < 4.78 is 38.6. The van der Waals surface area contributed by atoms with E-state index < -0.39 is 10.0 Å². The van der Waals surface area contributed by atoms with Crippen LogP contribution in [0, 0.1) is 5.92 Å². The Bertz CT molecular complexity index is 998. The molecule has 0 saturated carbocycles. The molecule has 0 bridgehead atoms. The summed E-state index contributed by atoms with van der Waals surface area (Å²) in [5.74, 6) is 1.62. The summed E-state index contributed by atoms with van der Waals surface area (Å²) in [5.41, 5.74) is 0.401. The Morgan fingerprint density at radius 3 is 2.43 bits per heavy atom. The Morgan fingerprint density at radius 2 is 1.73 bits per heavy atom. The van der Waals surface area contributed by atoms with Gasteiger partial charge in [0, 0.05) is 18.7 Å². The van der Waals surface area contributed by atoms with Gasteiger partial charge in [-0.2, -0.15) is 4.31 Å². The van der Waals surface area contributed by atoms with E-state index in [4.69, 9.17) is 9.47 Å². The lowest BCUT2D eigenvalue weighted by molar-refractivity contribution is 0.0789. The Labute approximate surface area is 177 Å². The monoisotopic (exact) mass is 430 g/mol. The normalized spacial score (nSPS) is 20.0. The van der Waals surface area contributed by atoms with Gasteiger partial charge in [-0.3, -0.25) is 4.79 Å². The van der Waals surface area contributed by atoms with Crippen LogP contribution in [0.15, 0.2) is 53.4 Å². The summed E-state index contributed by atoms with van der Waals surface area (Å²) >= 11 is 0. The molecule has 4 rings (SSSR count). The van der Waals surface area contributed by atoms with Crippen molar-refractivity contribution in [3.63, 3.8) is 0 Å². The van der Waals surface area contributed by atoms with Crippen molar-refractivity contribution in [1.82, 2.24) is 9.62 Å². The van der Waals surface area contributed by atoms with Gasteiger partial charge in [-0.25, -0.2) is 8.42 Å². The van der Waals surface area contributed by atoms with Crippen molar-refractivity contribution in [3.8, 4) is 11.5 Å². The van der Waals surface area contributed by atoms with E-state index in [0.29, 0.717) is 49.2 Å². The fraction of sp³-hybridized carbons (Fsp3) is 0.409. The van der Waals surface area contributed by atoms with E-state index in [-0.39, 0.29) is 16.9 Å². The summed E-state index contributed by atoms with van der Waals surface area (Å²) in [7, 11) is -3.52. The predicted octanol–water partition coefficient (Wildman–Crippen LogP) is 2.68. The summed E-state index contributed by atoms with van der Waals surface area (Å²) in [6.07, 6.45) is 1.46. The number of rotatable bonds is 5. The lowest BCUT2D eigenvalue weighted by atomic mass is 10.0. The van der Waals surface area contributed by atoms with Crippen molar-refractivity contribution in [3.05, 3.63) is 54.1 Å². The van der Waals surface area contributed by atoms with Crippen LogP contribution >= 0.6 is 0 Å². The van der Waals surface area contributed by atoms with Gasteiger partial charge in [0.25, 0.3) is 5.91 Å². The van der Waals surface area contributed by atoms with E-state index in [2.05, 4.69) is 12.2 Å². The molecule has 2 aliphatic rings. The number of hydrogen-bond acceptors (Lipinski definition) is 5. The first-order valence-corrected chi connectivity index (χ1v) is 11.6. The number of amides is 1. The van der Waals surface area contributed by atoms with Crippen molar-refractivity contribution in [2.45, 2.75) is 30.8 Å². The maximum atomic E-state index is 12.8. The molecule has 1 unspecified atom stereocenters. The number of fused-ring (bicyclic) bond motifs is 1. The number of benzene rings is 2. The van der Waals surface area contributed by atoms with Gasteiger partial charge in [0.15, 0.2) is 11.5 Å². The van der Waals surface area contributed by atoms with Crippen LogP contribution < -0.4 is 14.8 Å². The van der Waals surface area contributed by atoms with Crippen molar-refractivity contribution in [2.75, 3.05) is 26.2 Å². The zero-order chi connectivity index (χ0) is 21.1. The standard InChI is InChI=1S/C22H26N2O5S/c1-16-10-12-24(13-11-16)30(26,27)19-8-6-17(7-9-19)22(25)23-14-18-15-28-20-4-2-3-5-21(20)29-18/h2-9,16,18H,10-15H2,1H3,(H,23,25). The van der Waals surface area contributed by atoms with Crippen LogP contribution in [0.3, 0.4) is 0 Å². The van der Waals surface area contributed by atoms with Crippen LogP contribution in [0.25, 0.3) is 0 Å². The molecular formula is C22H26N2O5S. The third-order valence-corrected chi connectivity index (χ3v) is 7.47. The van der Waals surface area contributed by atoms with E-state index in [1.54, 1.807) is 12.1 Å². The van der Waals surface area contributed by atoms with Crippen molar-refractivity contribution in [2.24, 2.45) is 5.92 Å². The summed E-state index contributed by atoms with van der Waals surface area (Å²) in [4.78, 5) is 12.7. The van der Waals surface area contributed by atoms with Crippen molar-refractivity contribution >= 4 is 15.9 Å². The molecular weight excluding hydrogens is 404 g/mol. The highest BCUT2D eigenvalue weighted by Crippen LogP contribution is 2.30. The molecule has 1 saturated heterocycles. The largest absolute Gasteiger partial charge is 0.486 e. The Kier molecular flexibility index (Phi) is 5.97. The molecule has 30 heavy (non-hydrogen) atoms. The highest BCUT2D eigenvalue weighted by atomic mass is 32.2. The number of nitrogens with zero attached hydrogens (tertiary/aromatic N) is 1. The molecule has 2 aromatic rings. The number of piperidine rings is 1. The minimum Gasteiger partial charge on any atom is -0.486 e. The second-order valence-electron chi connectivity index (χ2n) is 7.82. The van der Waals surface area contributed by atoms with Crippen LogP contribution in [0.2, 0.25) is 0 Å². The number of carbonyl (C=O) groups excluding carboxylic acids is 1. The summed E-state index contributed by atoms with van der Waals surface area (Å²) in [5, 5.41) is 2.82. The van der Waals surface area contributed by atoms with E-state index in [0.717, 1.165) is 12.8 Å². The number of carbonyl (C=O) groups is 1. The Hall–Kier alpha value is -2.58. The number of para-hydroxylation sites is 2. The molecule has 0 spiro atoms. The zero-order valence-corrected chi connectivity index (χ0v) is 17.7. The summed E-state index contributed by atoms with van der Waals surface area (Å²) in [6.45, 7) is 3.86. The molecule has 1 N–H and O–H groups in total. The maximum Gasteiger partial charge on any atom is 0.251 e. The van der Waals surface area contributed by atoms with E-state index >= 15 is 0 Å². The minimum absolute atomic E-state index is 0.217. The maximum absolute atomic E-state index is 12.8. The quantitative estimate of drug-likeness (QED) is 0.788. The molecule has 1 atom stereocenters. The zero-order valence-electron chi connectivity index (χ0n) is 16.9. The molecule has 0 aromatic heterocycles. The second-order valence-corrected chi connectivity index (χ2v) is 9.76. The number of sulfonamides is 1. The van der Waals surface area contributed by atoms with Crippen molar-refractivity contribution in [1.29, 1.82) is 0 Å². The highest BCUT2D eigenvalue weighted by Gasteiger charge is 2.28. The second kappa shape index (κ2) is 8.65. The fourth-order valence-corrected chi connectivity index (χ4v) is 5.09. The first kappa shape index (κ1) is 20.7. The van der Waals surface area contributed by atoms with Crippen LogP contribution in [0.4, 0.5) is 0 Å². The Balaban J connectivity index is 1.34. The molecule has 7 nitrogen and oxygen atoms in total. The molecule has 1 amide bonds. The first-order chi connectivity index (χ1) is 14.4. The van der Waals surface area contributed by atoms with Crippen LogP contribution in [0.1, 0.15) is 30.1 Å². The van der Waals surface area contributed by atoms with Gasteiger partial charge in [-0.05, 0) is 55.2 Å². The average Bonchev–Trinajstić information content (AvgIpc) is 2.77. The number of hydrogen-bond donors (Lipinski definition) is 1. The third kappa shape index (κ3) is 4.44. The number of ether oxygens (including phenoxy) is 2. The van der Waals surface area contributed by atoms with Gasteiger partial charge >= 0.3 is 0 Å². The molecule has 1 fully saturated rings. The first-order valence-electron chi connectivity index (χ1n) is 10.2. The fourth-order valence-electron chi connectivity index (χ4n) is 3.62. The Morgan fingerprint density at radius 1 is 1.07 bits per heavy atom. The van der Waals surface area contributed by atoms with Crippen LogP contribution in [0.5, 0.6) is 11.5 Å². The van der Waals surface area contributed by atoms with Gasteiger partial charge in [0.2, 0.25) is 10.0 Å². The molecule has 2 aromatic carbocycles. The van der Waals surface area contributed by atoms with Gasteiger partial charge < -0.3 is 14.8 Å². The SMILES string of the molecule is CC1CCN(S(=O)(=O)c2ccc(C(=O)NCC3COc4ccccc4O3)cc2)CC1.